The predicted octanol–water partition coefficient (Wildman–Crippen LogP) is 3.64. The zero-order chi connectivity index (χ0) is 14.9. The third-order valence-corrected chi connectivity index (χ3v) is 4.98. The third kappa shape index (κ3) is 3.05. The van der Waals surface area contributed by atoms with Crippen molar-refractivity contribution in [3.63, 3.8) is 0 Å². The fourth-order valence-electron chi connectivity index (χ4n) is 2.87. The second-order valence-corrected chi connectivity index (χ2v) is 6.82. The Morgan fingerprint density at radius 1 is 1.20 bits per heavy atom. The van der Waals surface area contributed by atoms with Crippen molar-refractivity contribution in [2.75, 3.05) is 27.7 Å². The molecule has 20 heavy (non-hydrogen) atoms. The lowest BCUT2D eigenvalue weighted by molar-refractivity contribution is 0.0254. The summed E-state index contributed by atoms with van der Waals surface area (Å²) in [6, 6.07) is 2.71. The molecular weight excluding hydrogens is 326 g/mol. The summed E-state index contributed by atoms with van der Waals surface area (Å²) in [5.74, 6) is -0.977. The van der Waals surface area contributed by atoms with E-state index >= 15 is 0 Å². The zero-order valence-corrected chi connectivity index (χ0v) is 13.8. The first kappa shape index (κ1) is 15.9. The highest BCUT2D eigenvalue weighted by Gasteiger charge is 2.39. The van der Waals surface area contributed by atoms with Gasteiger partial charge in [-0.25, -0.2) is 8.78 Å². The molecule has 1 aliphatic rings. The van der Waals surface area contributed by atoms with Crippen LogP contribution in [0.2, 0.25) is 0 Å². The molecule has 1 aromatic carbocycles. The highest BCUT2D eigenvalue weighted by Crippen LogP contribution is 2.37. The van der Waals surface area contributed by atoms with Crippen LogP contribution in [0.5, 0.6) is 0 Å². The molecule has 1 aliphatic carbocycles. The van der Waals surface area contributed by atoms with E-state index in [1.807, 2.05) is 11.9 Å². The van der Waals surface area contributed by atoms with Gasteiger partial charge in [-0.2, -0.15) is 0 Å². The molecule has 0 aliphatic heterocycles. The van der Waals surface area contributed by atoms with E-state index < -0.39 is 11.6 Å². The standard InChI is InChI=1S/C15H21BrF2N2/c1-19(2)15(7-4-8-15)10-20(3)9-11-13(17)6-5-12(16)14(11)18/h5-6H,4,7-10H2,1-3H3. The van der Waals surface area contributed by atoms with Crippen LogP contribution in [-0.4, -0.2) is 43.0 Å². The minimum Gasteiger partial charge on any atom is -0.302 e. The van der Waals surface area contributed by atoms with Gasteiger partial charge in [0.15, 0.2) is 0 Å². The number of rotatable bonds is 5. The van der Waals surface area contributed by atoms with E-state index in [-0.39, 0.29) is 17.6 Å². The van der Waals surface area contributed by atoms with Crippen molar-refractivity contribution in [3.05, 3.63) is 33.8 Å². The minimum atomic E-state index is -0.496. The van der Waals surface area contributed by atoms with Crippen molar-refractivity contribution in [3.8, 4) is 0 Å². The quantitative estimate of drug-likeness (QED) is 0.751. The largest absolute Gasteiger partial charge is 0.302 e. The molecule has 0 amide bonds. The maximum Gasteiger partial charge on any atom is 0.144 e. The fraction of sp³-hybridized carbons (Fsp3) is 0.600. The first-order valence-corrected chi connectivity index (χ1v) is 7.63. The van der Waals surface area contributed by atoms with E-state index in [0.29, 0.717) is 4.47 Å². The van der Waals surface area contributed by atoms with Crippen molar-refractivity contribution in [1.29, 1.82) is 0 Å². The van der Waals surface area contributed by atoms with E-state index in [9.17, 15) is 8.78 Å². The van der Waals surface area contributed by atoms with Crippen LogP contribution in [0.25, 0.3) is 0 Å². The Hall–Kier alpha value is -0.520. The highest BCUT2D eigenvalue weighted by molar-refractivity contribution is 9.10. The summed E-state index contributed by atoms with van der Waals surface area (Å²) in [7, 11) is 6.07. The van der Waals surface area contributed by atoms with Crippen LogP contribution >= 0.6 is 15.9 Å². The van der Waals surface area contributed by atoms with E-state index in [1.165, 1.54) is 18.6 Å². The van der Waals surface area contributed by atoms with Gasteiger partial charge in [0.05, 0.1) is 4.47 Å². The molecule has 0 aromatic heterocycles. The molecule has 0 unspecified atom stereocenters. The van der Waals surface area contributed by atoms with Gasteiger partial charge in [0.2, 0.25) is 0 Å². The van der Waals surface area contributed by atoms with Crippen molar-refractivity contribution in [2.45, 2.75) is 31.3 Å². The van der Waals surface area contributed by atoms with Gasteiger partial charge in [-0.3, -0.25) is 0 Å². The molecule has 0 N–H and O–H groups in total. The van der Waals surface area contributed by atoms with Crippen LogP contribution in [0, 0.1) is 11.6 Å². The second kappa shape index (κ2) is 6.08. The average molecular weight is 347 g/mol. The fourth-order valence-corrected chi connectivity index (χ4v) is 3.25. The van der Waals surface area contributed by atoms with Crippen LogP contribution in [0.15, 0.2) is 16.6 Å². The van der Waals surface area contributed by atoms with Crippen LogP contribution in [0.1, 0.15) is 24.8 Å². The van der Waals surface area contributed by atoms with Gasteiger partial charge < -0.3 is 9.80 Å². The van der Waals surface area contributed by atoms with Gasteiger partial charge in [-0.1, -0.05) is 0 Å². The summed E-state index contributed by atoms with van der Waals surface area (Å²) in [5.41, 5.74) is 0.295. The molecule has 1 fully saturated rings. The Bertz CT molecular complexity index is 487. The molecule has 5 heteroatoms. The number of likely N-dealkylation sites (N-methyl/N-ethyl adjacent to an activating group) is 2. The SMILES string of the molecule is CN(Cc1c(F)ccc(Br)c1F)CC1(N(C)C)CCC1. The number of hydrogen-bond donors (Lipinski definition) is 0. The van der Waals surface area contributed by atoms with Gasteiger partial charge in [0.1, 0.15) is 11.6 Å². The van der Waals surface area contributed by atoms with Crippen LogP contribution in [0.4, 0.5) is 8.78 Å². The lowest BCUT2D eigenvalue weighted by atomic mass is 9.75. The topological polar surface area (TPSA) is 6.48 Å². The molecule has 1 saturated carbocycles. The number of benzene rings is 1. The number of hydrogen-bond acceptors (Lipinski definition) is 2. The summed E-state index contributed by atoms with van der Waals surface area (Å²) in [4.78, 5) is 4.24. The zero-order valence-electron chi connectivity index (χ0n) is 12.2. The van der Waals surface area contributed by atoms with Crippen LogP contribution < -0.4 is 0 Å². The molecule has 0 radical (unpaired) electrons. The first-order chi connectivity index (χ1) is 9.35. The Balaban J connectivity index is 2.09. The van der Waals surface area contributed by atoms with Gasteiger partial charge in [0.25, 0.3) is 0 Å². The Morgan fingerprint density at radius 3 is 2.35 bits per heavy atom. The molecule has 2 nitrogen and oxygen atoms in total. The molecule has 0 bridgehead atoms. The maximum absolute atomic E-state index is 14.0. The Kier molecular flexibility index (Phi) is 4.82. The van der Waals surface area contributed by atoms with Gasteiger partial charge in [-0.15, -0.1) is 0 Å². The molecular formula is C15H21BrF2N2. The van der Waals surface area contributed by atoms with Gasteiger partial charge >= 0.3 is 0 Å². The third-order valence-electron chi connectivity index (χ3n) is 4.36. The molecule has 0 spiro atoms. The van der Waals surface area contributed by atoms with Crippen molar-refractivity contribution < 1.29 is 8.78 Å². The van der Waals surface area contributed by atoms with Crippen molar-refractivity contribution in [2.24, 2.45) is 0 Å². The Morgan fingerprint density at radius 2 is 1.85 bits per heavy atom. The van der Waals surface area contributed by atoms with Crippen molar-refractivity contribution >= 4 is 15.9 Å². The highest BCUT2D eigenvalue weighted by atomic mass is 79.9. The number of nitrogens with zero attached hydrogens (tertiary/aromatic N) is 2. The summed E-state index contributed by atoms with van der Waals surface area (Å²) in [6.45, 7) is 1.11. The monoisotopic (exact) mass is 346 g/mol. The number of halogens is 3. The molecule has 1 aromatic rings. The average Bonchev–Trinajstić information content (AvgIpc) is 2.34. The van der Waals surface area contributed by atoms with Crippen molar-refractivity contribution in [1.82, 2.24) is 9.80 Å². The smallest absolute Gasteiger partial charge is 0.144 e. The second-order valence-electron chi connectivity index (χ2n) is 5.97. The molecule has 0 atom stereocenters. The summed E-state index contributed by atoms with van der Waals surface area (Å²) in [5, 5.41) is 0. The predicted molar refractivity (Wildman–Crippen MR) is 80.7 cm³/mol. The molecule has 0 saturated heterocycles. The first-order valence-electron chi connectivity index (χ1n) is 6.84. The van der Waals surface area contributed by atoms with Crippen LogP contribution in [-0.2, 0) is 6.54 Å². The van der Waals surface area contributed by atoms with E-state index in [4.69, 9.17) is 0 Å². The lowest BCUT2D eigenvalue weighted by Gasteiger charge is -2.49. The summed E-state index contributed by atoms with van der Waals surface area (Å²) < 4.78 is 28.1. The summed E-state index contributed by atoms with van der Waals surface area (Å²) >= 11 is 3.11. The lowest BCUT2D eigenvalue weighted by Crippen LogP contribution is -2.56. The van der Waals surface area contributed by atoms with Gasteiger partial charge in [0, 0.05) is 24.2 Å². The molecule has 0 heterocycles. The van der Waals surface area contributed by atoms with E-state index in [1.54, 1.807) is 0 Å². The van der Waals surface area contributed by atoms with Gasteiger partial charge in [-0.05, 0) is 68.5 Å². The van der Waals surface area contributed by atoms with E-state index in [2.05, 4.69) is 34.9 Å². The molecule has 112 valence electrons. The normalized spacial score (nSPS) is 17.6. The van der Waals surface area contributed by atoms with E-state index in [0.717, 1.165) is 19.4 Å². The maximum atomic E-state index is 14.0. The molecule has 2 rings (SSSR count). The minimum absolute atomic E-state index is 0.134. The summed E-state index contributed by atoms with van der Waals surface area (Å²) in [6.07, 6.45) is 3.52. The Labute approximate surface area is 127 Å². The van der Waals surface area contributed by atoms with Crippen LogP contribution in [0.3, 0.4) is 0 Å².